The summed E-state index contributed by atoms with van der Waals surface area (Å²) in [5.74, 6) is 0.774. The molecule has 0 saturated carbocycles. The van der Waals surface area contributed by atoms with E-state index in [0.717, 1.165) is 61.8 Å². The lowest BCUT2D eigenvalue weighted by Crippen LogP contribution is -2.50. The second-order valence-corrected chi connectivity index (χ2v) is 9.79. The van der Waals surface area contributed by atoms with Crippen molar-refractivity contribution in [3.63, 3.8) is 0 Å². The van der Waals surface area contributed by atoms with Gasteiger partial charge in [-0.2, -0.15) is 0 Å². The van der Waals surface area contributed by atoms with Crippen molar-refractivity contribution in [1.29, 1.82) is 0 Å². The molecular weight excluding hydrogens is 496 g/mol. The van der Waals surface area contributed by atoms with Crippen LogP contribution in [0.25, 0.3) is 0 Å². The van der Waals surface area contributed by atoms with Crippen molar-refractivity contribution in [1.82, 2.24) is 20.2 Å². The Balaban J connectivity index is 1.27. The van der Waals surface area contributed by atoms with E-state index in [-0.39, 0.29) is 24.8 Å². The number of hydrogen-bond donors (Lipinski definition) is 3. The maximum absolute atomic E-state index is 11.9. The minimum absolute atomic E-state index is 0.0107. The number of carbonyl (C=O) groups is 1. The highest BCUT2D eigenvalue weighted by molar-refractivity contribution is 5.89. The second-order valence-electron chi connectivity index (χ2n) is 9.79. The highest BCUT2D eigenvalue weighted by atomic mass is 16.7. The minimum Gasteiger partial charge on any atom is -0.392 e. The Morgan fingerprint density at radius 3 is 2.33 bits per heavy atom. The lowest BCUT2D eigenvalue weighted by molar-refractivity contribution is -0.253. The SMILES string of the molecule is CCNC(=O)Nc1ccc([C@@H]2O[C@H](CN3CCN(c4ncccn4)CC3)C[C@H](c3ccc(CO)cc3)O2)cc1. The van der Waals surface area contributed by atoms with Gasteiger partial charge in [-0.3, -0.25) is 4.90 Å². The molecule has 3 atom stereocenters. The first kappa shape index (κ1) is 27.0. The quantitative estimate of drug-likeness (QED) is 0.404. The monoisotopic (exact) mass is 532 g/mol. The standard InChI is InChI=1S/C29H36N6O4/c1-2-30-29(37)33-24-10-8-23(9-11-24)27-38-25(18-26(39-27)22-6-4-21(20-36)5-7-22)19-34-14-16-35(17-15-34)28-31-12-3-13-32-28/h3-13,25-27,36H,2,14-20H2,1H3,(H2,30,33,37)/t25-,26+,27+/m0/s1. The summed E-state index contributed by atoms with van der Waals surface area (Å²) in [4.78, 5) is 25.3. The summed E-state index contributed by atoms with van der Waals surface area (Å²) in [6.45, 7) is 6.78. The number of carbonyl (C=O) groups excluding carboxylic acids is 1. The largest absolute Gasteiger partial charge is 0.392 e. The van der Waals surface area contributed by atoms with Gasteiger partial charge in [0.25, 0.3) is 0 Å². The molecule has 2 aliphatic rings. The molecule has 2 amide bonds. The predicted octanol–water partition coefficient (Wildman–Crippen LogP) is 3.48. The van der Waals surface area contributed by atoms with E-state index in [1.54, 1.807) is 12.4 Å². The summed E-state index contributed by atoms with van der Waals surface area (Å²) in [5.41, 5.74) is 3.53. The molecule has 3 aromatic rings. The number of nitrogens with one attached hydrogen (secondary N) is 2. The lowest BCUT2D eigenvalue weighted by Gasteiger charge is -2.40. The summed E-state index contributed by atoms with van der Waals surface area (Å²) in [5, 5.41) is 15.0. The van der Waals surface area contributed by atoms with Crippen molar-refractivity contribution in [2.75, 3.05) is 49.5 Å². The summed E-state index contributed by atoms with van der Waals surface area (Å²) < 4.78 is 13.0. The van der Waals surface area contributed by atoms with Crippen LogP contribution in [0.2, 0.25) is 0 Å². The fourth-order valence-corrected chi connectivity index (χ4v) is 4.97. The van der Waals surface area contributed by atoms with Gasteiger partial charge in [0, 0.05) is 69.3 Å². The molecule has 0 unspecified atom stereocenters. The third-order valence-corrected chi connectivity index (χ3v) is 7.06. The first-order chi connectivity index (χ1) is 19.1. The number of benzene rings is 2. The molecule has 206 valence electrons. The fourth-order valence-electron chi connectivity index (χ4n) is 4.97. The van der Waals surface area contributed by atoms with Gasteiger partial charge >= 0.3 is 6.03 Å². The molecule has 2 saturated heterocycles. The van der Waals surface area contributed by atoms with Crippen LogP contribution in [0, 0.1) is 0 Å². The minimum atomic E-state index is -0.538. The van der Waals surface area contributed by atoms with Crippen LogP contribution < -0.4 is 15.5 Å². The summed E-state index contributed by atoms with van der Waals surface area (Å²) in [6, 6.07) is 17.1. The molecule has 10 nitrogen and oxygen atoms in total. The molecule has 2 aliphatic heterocycles. The van der Waals surface area contributed by atoms with E-state index < -0.39 is 6.29 Å². The smallest absolute Gasteiger partial charge is 0.319 e. The zero-order chi connectivity index (χ0) is 27.0. The number of hydrogen-bond acceptors (Lipinski definition) is 8. The number of aromatic nitrogens is 2. The predicted molar refractivity (Wildman–Crippen MR) is 148 cm³/mol. The summed E-state index contributed by atoms with van der Waals surface area (Å²) >= 11 is 0. The molecule has 10 heteroatoms. The van der Waals surface area contributed by atoms with E-state index in [9.17, 15) is 9.90 Å². The van der Waals surface area contributed by atoms with Crippen molar-refractivity contribution in [3.05, 3.63) is 83.7 Å². The first-order valence-corrected chi connectivity index (χ1v) is 13.5. The van der Waals surface area contributed by atoms with Crippen LogP contribution in [0.4, 0.5) is 16.4 Å². The molecule has 39 heavy (non-hydrogen) atoms. The van der Waals surface area contributed by atoms with Gasteiger partial charge in [-0.05, 0) is 36.2 Å². The van der Waals surface area contributed by atoms with Crippen molar-refractivity contribution >= 4 is 17.7 Å². The van der Waals surface area contributed by atoms with Gasteiger partial charge in [0.05, 0.1) is 18.8 Å². The maximum Gasteiger partial charge on any atom is 0.319 e. The Bertz CT molecular complexity index is 1190. The number of urea groups is 1. The zero-order valence-electron chi connectivity index (χ0n) is 22.2. The van der Waals surface area contributed by atoms with Crippen LogP contribution in [0.3, 0.4) is 0 Å². The van der Waals surface area contributed by atoms with Crippen molar-refractivity contribution in [3.8, 4) is 0 Å². The van der Waals surface area contributed by atoms with Crippen LogP contribution in [-0.2, 0) is 16.1 Å². The number of ether oxygens (including phenoxy) is 2. The number of piperazine rings is 1. The van der Waals surface area contributed by atoms with Gasteiger partial charge in [0.15, 0.2) is 6.29 Å². The van der Waals surface area contributed by atoms with Gasteiger partial charge in [0.2, 0.25) is 5.95 Å². The first-order valence-electron chi connectivity index (χ1n) is 13.5. The lowest BCUT2D eigenvalue weighted by atomic mass is 9.99. The molecule has 2 aromatic carbocycles. The Labute approximate surface area is 229 Å². The van der Waals surface area contributed by atoms with E-state index in [4.69, 9.17) is 9.47 Å². The number of amides is 2. The molecular formula is C29H36N6O4. The highest BCUT2D eigenvalue weighted by Crippen LogP contribution is 2.38. The molecule has 0 spiro atoms. The Morgan fingerprint density at radius 1 is 0.974 bits per heavy atom. The number of anilines is 2. The number of nitrogens with zero attached hydrogens (tertiary/aromatic N) is 4. The molecule has 2 fully saturated rings. The van der Waals surface area contributed by atoms with Gasteiger partial charge in [-0.1, -0.05) is 36.4 Å². The molecule has 0 radical (unpaired) electrons. The van der Waals surface area contributed by atoms with Crippen LogP contribution in [0.15, 0.2) is 67.0 Å². The number of aliphatic hydroxyl groups excluding tert-OH is 1. The molecule has 5 rings (SSSR count). The average Bonchev–Trinajstić information content (AvgIpc) is 2.98. The van der Waals surface area contributed by atoms with E-state index in [1.807, 2.05) is 61.5 Å². The number of rotatable bonds is 8. The average molecular weight is 533 g/mol. The van der Waals surface area contributed by atoms with E-state index in [0.29, 0.717) is 12.2 Å². The zero-order valence-corrected chi connectivity index (χ0v) is 22.2. The van der Waals surface area contributed by atoms with Crippen molar-refractivity contribution in [2.45, 2.75) is 38.4 Å². The molecule has 1 aromatic heterocycles. The maximum atomic E-state index is 11.9. The van der Waals surface area contributed by atoms with Gasteiger partial charge < -0.3 is 30.1 Å². The van der Waals surface area contributed by atoms with Crippen molar-refractivity contribution < 1.29 is 19.4 Å². The molecule has 3 N–H and O–H groups in total. The van der Waals surface area contributed by atoms with E-state index >= 15 is 0 Å². The topological polar surface area (TPSA) is 112 Å². The molecule has 0 bridgehead atoms. The molecule has 3 heterocycles. The Kier molecular flexibility index (Phi) is 9.00. The third-order valence-electron chi connectivity index (χ3n) is 7.06. The normalized spacial score (nSPS) is 21.9. The molecule has 0 aliphatic carbocycles. The van der Waals surface area contributed by atoms with Crippen LogP contribution >= 0.6 is 0 Å². The van der Waals surface area contributed by atoms with E-state index in [1.165, 1.54) is 0 Å². The summed E-state index contributed by atoms with van der Waals surface area (Å²) in [6.07, 6.45) is 3.57. The highest BCUT2D eigenvalue weighted by Gasteiger charge is 2.34. The number of aliphatic hydroxyl groups is 1. The van der Waals surface area contributed by atoms with Crippen LogP contribution in [-0.4, -0.2) is 71.4 Å². The van der Waals surface area contributed by atoms with Crippen molar-refractivity contribution in [2.24, 2.45) is 0 Å². The van der Waals surface area contributed by atoms with Gasteiger partial charge in [-0.15, -0.1) is 0 Å². The Hall–Kier alpha value is -3.57. The Morgan fingerprint density at radius 2 is 1.67 bits per heavy atom. The van der Waals surface area contributed by atoms with Crippen LogP contribution in [0.5, 0.6) is 0 Å². The summed E-state index contributed by atoms with van der Waals surface area (Å²) in [7, 11) is 0. The van der Waals surface area contributed by atoms with Crippen LogP contribution in [0.1, 0.15) is 42.4 Å². The fraction of sp³-hybridized carbons (Fsp3) is 0.414. The third kappa shape index (κ3) is 7.10. The van der Waals surface area contributed by atoms with Gasteiger partial charge in [-0.25, -0.2) is 14.8 Å². The van der Waals surface area contributed by atoms with Gasteiger partial charge in [0.1, 0.15) is 0 Å². The van der Waals surface area contributed by atoms with E-state index in [2.05, 4.69) is 30.4 Å². The second kappa shape index (κ2) is 13.0.